The van der Waals surface area contributed by atoms with E-state index >= 15 is 0 Å². The topological polar surface area (TPSA) is 94.5 Å². The fourth-order valence-electron chi connectivity index (χ4n) is 1.68. The van der Waals surface area contributed by atoms with Crippen molar-refractivity contribution < 1.29 is 34.0 Å². The maximum absolute atomic E-state index is 10.7. The molecule has 100 valence electrons. The Morgan fingerprint density at radius 1 is 1.24 bits per heavy atom. The summed E-state index contributed by atoms with van der Waals surface area (Å²) in [5, 5.41) is 19.6. The van der Waals surface area contributed by atoms with E-state index in [1.165, 1.54) is 21.1 Å². The Bertz CT molecular complexity index is 255. The molecule has 0 aromatic rings. The third kappa shape index (κ3) is 3.36. The summed E-state index contributed by atoms with van der Waals surface area (Å²) in [6, 6.07) is 0. The van der Waals surface area contributed by atoms with E-state index < -0.39 is 36.7 Å². The molecule has 7 nitrogen and oxygen atoms in total. The third-order valence-electron chi connectivity index (χ3n) is 2.60. The van der Waals surface area contributed by atoms with Crippen LogP contribution in [0.1, 0.15) is 6.92 Å². The molecule has 0 aromatic heterocycles. The van der Waals surface area contributed by atoms with Crippen molar-refractivity contribution in [3.05, 3.63) is 0 Å². The van der Waals surface area contributed by atoms with Gasteiger partial charge in [-0.15, -0.1) is 0 Å². The van der Waals surface area contributed by atoms with Crippen molar-refractivity contribution in [2.45, 2.75) is 37.6 Å². The van der Waals surface area contributed by atoms with E-state index in [0.717, 1.165) is 0 Å². The van der Waals surface area contributed by atoms with E-state index in [1.807, 2.05) is 0 Å². The predicted octanol–water partition coefficient (Wildman–Crippen LogP) is -1.34. The van der Waals surface area contributed by atoms with Crippen molar-refractivity contribution in [3.8, 4) is 0 Å². The molecule has 7 heteroatoms. The molecule has 2 N–H and O–H groups in total. The first-order valence-electron chi connectivity index (χ1n) is 5.21. The lowest BCUT2D eigenvalue weighted by Gasteiger charge is -2.40. The Labute approximate surface area is 99.2 Å². The van der Waals surface area contributed by atoms with Gasteiger partial charge >= 0.3 is 5.97 Å². The van der Waals surface area contributed by atoms with Crippen molar-refractivity contribution in [1.29, 1.82) is 0 Å². The number of carbonyl (C=O) groups is 1. The highest BCUT2D eigenvalue weighted by Crippen LogP contribution is 2.23. The molecular formula is C10H18O7. The van der Waals surface area contributed by atoms with Crippen LogP contribution in [0, 0.1) is 0 Å². The number of carbonyl (C=O) groups excluding carboxylic acids is 1. The van der Waals surface area contributed by atoms with Gasteiger partial charge in [-0.1, -0.05) is 0 Å². The molecule has 0 amide bonds. The van der Waals surface area contributed by atoms with Crippen LogP contribution < -0.4 is 0 Å². The average Bonchev–Trinajstić information content (AvgIpc) is 2.30. The fourth-order valence-corrected chi connectivity index (χ4v) is 1.68. The van der Waals surface area contributed by atoms with E-state index in [2.05, 4.69) is 0 Å². The molecule has 1 heterocycles. The van der Waals surface area contributed by atoms with Crippen LogP contribution >= 0.6 is 0 Å². The molecule has 0 spiro atoms. The molecule has 3 unspecified atom stereocenters. The molecule has 1 fully saturated rings. The van der Waals surface area contributed by atoms with Crippen molar-refractivity contribution in [1.82, 2.24) is 0 Å². The second-order valence-electron chi connectivity index (χ2n) is 3.76. The summed E-state index contributed by atoms with van der Waals surface area (Å²) in [6.45, 7) is 1.10. The minimum Gasteiger partial charge on any atom is -0.463 e. The van der Waals surface area contributed by atoms with Crippen LogP contribution in [-0.4, -0.2) is 67.7 Å². The maximum atomic E-state index is 10.7. The highest BCUT2D eigenvalue weighted by Gasteiger charge is 2.45. The molecule has 1 saturated heterocycles. The summed E-state index contributed by atoms with van der Waals surface area (Å²) >= 11 is 0. The van der Waals surface area contributed by atoms with Gasteiger partial charge in [0.2, 0.25) is 0 Å². The molecule has 1 aliphatic rings. The highest BCUT2D eigenvalue weighted by atomic mass is 16.7. The highest BCUT2D eigenvalue weighted by molar-refractivity contribution is 5.65. The number of aliphatic hydroxyl groups excluding tert-OH is 2. The van der Waals surface area contributed by atoms with Gasteiger partial charge < -0.3 is 29.2 Å². The van der Waals surface area contributed by atoms with Crippen LogP contribution in [-0.2, 0) is 23.7 Å². The minimum absolute atomic E-state index is 0.149. The first kappa shape index (κ1) is 14.3. The molecule has 1 aliphatic heterocycles. The molecular weight excluding hydrogens is 232 g/mol. The van der Waals surface area contributed by atoms with E-state index in [1.54, 1.807) is 0 Å². The number of hydrogen-bond acceptors (Lipinski definition) is 7. The maximum Gasteiger partial charge on any atom is 0.302 e. The van der Waals surface area contributed by atoms with Gasteiger partial charge in [0.1, 0.15) is 31.0 Å². The average molecular weight is 250 g/mol. The number of hydrogen-bond donors (Lipinski definition) is 2. The summed E-state index contributed by atoms with van der Waals surface area (Å²) in [6.07, 6.45) is -4.82. The normalized spacial score (nSPS) is 37.8. The Kier molecular flexibility index (Phi) is 5.29. The lowest BCUT2D eigenvalue weighted by Crippen LogP contribution is -2.59. The number of aliphatic hydroxyl groups is 2. The Morgan fingerprint density at radius 2 is 1.88 bits per heavy atom. The third-order valence-corrected chi connectivity index (χ3v) is 2.60. The molecule has 0 saturated carbocycles. The zero-order valence-corrected chi connectivity index (χ0v) is 10.0. The van der Waals surface area contributed by atoms with Crippen molar-refractivity contribution in [3.63, 3.8) is 0 Å². The van der Waals surface area contributed by atoms with E-state index in [9.17, 15) is 15.0 Å². The summed E-state index contributed by atoms with van der Waals surface area (Å²) in [4.78, 5) is 10.7. The lowest BCUT2D eigenvalue weighted by atomic mass is 9.99. The van der Waals surface area contributed by atoms with Crippen LogP contribution in [0.15, 0.2) is 0 Å². The van der Waals surface area contributed by atoms with Gasteiger partial charge in [0.25, 0.3) is 0 Å². The second-order valence-corrected chi connectivity index (χ2v) is 3.76. The number of ether oxygens (including phenoxy) is 4. The van der Waals surface area contributed by atoms with Gasteiger partial charge in [-0.25, -0.2) is 0 Å². The van der Waals surface area contributed by atoms with Gasteiger partial charge in [-0.2, -0.15) is 0 Å². The summed E-state index contributed by atoms with van der Waals surface area (Å²) in [5.41, 5.74) is 0. The van der Waals surface area contributed by atoms with Gasteiger partial charge in [0.15, 0.2) is 6.29 Å². The van der Waals surface area contributed by atoms with Crippen molar-refractivity contribution >= 4 is 5.97 Å². The molecule has 0 radical (unpaired) electrons. The van der Waals surface area contributed by atoms with Gasteiger partial charge in [-0.3, -0.25) is 4.79 Å². The van der Waals surface area contributed by atoms with Crippen molar-refractivity contribution in [2.24, 2.45) is 0 Å². The van der Waals surface area contributed by atoms with Crippen molar-refractivity contribution in [2.75, 3.05) is 20.8 Å². The van der Waals surface area contributed by atoms with Crippen LogP contribution in [0.5, 0.6) is 0 Å². The Morgan fingerprint density at radius 3 is 2.35 bits per heavy atom. The smallest absolute Gasteiger partial charge is 0.302 e. The first-order valence-corrected chi connectivity index (χ1v) is 5.21. The predicted molar refractivity (Wildman–Crippen MR) is 55.1 cm³/mol. The fraction of sp³-hybridized carbons (Fsp3) is 0.900. The summed E-state index contributed by atoms with van der Waals surface area (Å²) in [5.74, 6) is -0.488. The molecule has 5 atom stereocenters. The second kappa shape index (κ2) is 6.27. The molecule has 0 aliphatic carbocycles. The summed E-state index contributed by atoms with van der Waals surface area (Å²) < 4.78 is 20.0. The standard InChI is InChI=1S/C10H18O7/c1-5(11)16-4-6-7(12)8(13)9(14-2)10(15-3)17-6/h6-10,12-13H,4H2,1-3H3/t6?,7-,8?,9?,10-/m1/s1. The first-order chi connectivity index (χ1) is 8.01. The quantitative estimate of drug-likeness (QED) is 0.596. The zero-order valence-electron chi connectivity index (χ0n) is 10.0. The SMILES string of the molecule is COC1C(O)[C@H](O)C(COC(C)=O)O[C@H]1OC. The summed E-state index contributed by atoms with van der Waals surface area (Å²) in [7, 11) is 2.77. The number of esters is 1. The molecule has 0 bridgehead atoms. The zero-order chi connectivity index (χ0) is 13.0. The Balaban J connectivity index is 2.65. The largest absolute Gasteiger partial charge is 0.463 e. The van der Waals surface area contributed by atoms with Gasteiger partial charge in [-0.05, 0) is 0 Å². The Hall–Kier alpha value is -0.730. The van der Waals surface area contributed by atoms with Gasteiger partial charge in [0.05, 0.1) is 0 Å². The van der Waals surface area contributed by atoms with Gasteiger partial charge in [0, 0.05) is 21.1 Å². The van der Waals surface area contributed by atoms with E-state index in [4.69, 9.17) is 18.9 Å². The number of methoxy groups -OCH3 is 2. The lowest BCUT2D eigenvalue weighted by molar-refractivity contribution is -0.299. The number of rotatable bonds is 4. The van der Waals surface area contributed by atoms with Crippen LogP contribution in [0.3, 0.4) is 0 Å². The monoisotopic (exact) mass is 250 g/mol. The van der Waals surface area contributed by atoms with Crippen LogP contribution in [0.25, 0.3) is 0 Å². The minimum atomic E-state index is -1.20. The van der Waals surface area contributed by atoms with E-state index in [0.29, 0.717) is 0 Å². The molecule has 17 heavy (non-hydrogen) atoms. The molecule has 0 aromatic carbocycles. The van der Waals surface area contributed by atoms with Crippen LogP contribution in [0.2, 0.25) is 0 Å². The molecule has 1 rings (SSSR count). The van der Waals surface area contributed by atoms with Crippen LogP contribution in [0.4, 0.5) is 0 Å². The van der Waals surface area contributed by atoms with E-state index in [-0.39, 0.29) is 6.61 Å².